The maximum absolute atomic E-state index is 6.23. The fraction of sp³-hybridized carbons (Fsp3) is 0.684. The number of hydrogen-bond donors (Lipinski definition) is 0. The third-order valence-electron chi connectivity index (χ3n) is 5.40. The van der Waals surface area contributed by atoms with E-state index in [1.54, 1.807) is 0 Å². The standard InChI is InChI=1S/C19H26ClNO2S/c20-17-3-1-2-16(8-17)10-21-13-19(14-21)9-18(12-24-19)23-11-15-4-6-22-7-5-15/h1-3,8,15,18H,4-7,9-14H2/t18-/m1/s1. The molecule has 1 aromatic carbocycles. The van der Waals surface area contributed by atoms with Crippen LogP contribution in [0.1, 0.15) is 24.8 Å². The van der Waals surface area contributed by atoms with Gasteiger partial charge in [0.1, 0.15) is 0 Å². The summed E-state index contributed by atoms with van der Waals surface area (Å²) in [6.07, 6.45) is 4.00. The van der Waals surface area contributed by atoms with Gasteiger partial charge in [-0.2, -0.15) is 0 Å². The molecule has 3 heterocycles. The summed E-state index contributed by atoms with van der Waals surface area (Å²) in [5.41, 5.74) is 1.31. The molecule has 3 aliphatic rings. The molecule has 0 aliphatic carbocycles. The number of nitrogens with zero attached hydrogens (tertiary/aromatic N) is 1. The first-order chi connectivity index (χ1) is 11.7. The monoisotopic (exact) mass is 367 g/mol. The van der Waals surface area contributed by atoms with Crippen molar-refractivity contribution in [3.05, 3.63) is 34.9 Å². The number of ether oxygens (including phenoxy) is 2. The van der Waals surface area contributed by atoms with Gasteiger partial charge in [-0.25, -0.2) is 0 Å². The van der Waals surface area contributed by atoms with Crippen LogP contribution in [0.15, 0.2) is 24.3 Å². The summed E-state index contributed by atoms with van der Waals surface area (Å²) in [6, 6.07) is 8.22. The molecule has 3 fully saturated rings. The Kier molecular flexibility index (Phi) is 5.40. The molecule has 4 rings (SSSR count). The lowest BCUT2D eigenvalue weighted by Gasteiger charge is -2.47. The van der Waals surface area contributed by atoms with E-state index in [2.05, 4.69) is 28.8 Å². The third kappa shape index (κ3) is 4.10. The summed E-state index contributed by atoms with van der Waals surface area (Å²) in [6.45, 7) is 6.13. The molecule has 132 valence electrons. The Balaban J connectivity index is 1.20. The topological polar surface area (TPSA) is 21.7 Å². The number of likely N-dealkylation sites (tertiary alicyclic amines) is 1. The summed E-state index contributed by atoms with van der Waals surface area (Å²) in [5, 5.41) is 0.833. The minimum Gasteiger partial charge on any atom is -0.381 e. The highest BCUT2D eigenvalue weighted by molar-refractivity contribution is 8.01. The van der Waals surface area contributed by atoms with Crippen LogP contribution in [-0.4, -0.2) is 54.4 Å². The zero-order valence-electron chi connectivity index (χ0n) is 14.1. The molecular formula is C19H26ClNO2S. The van der Waals surface area contributed by atoms with E-state index >= 15 is 0 Å². The highest BCUT2D eigenvalue weighted by Gasteiger charge is 2.49. The van der Waals surface area contributed by atoms with Crippen LogP contribution in [0.3, 0.4) is 0 Å². The van der Waals surface area contributed by atoms with E-state index in [9.17, 15) is 0 Å². The van der Waals surface area contributed by atoms with E-state index in [-0.39, 0.29) is 0 Å². The quantitative estimate of drug-likeness (QED) is 0.788. The second kappa shape index (κ2) is 7.55. The van der Waals surface area contributed by atoms with Gasteiger partial charge in [0.25, 0.3) is 0 Å². The van der Waals surface area contributed by atoms with E-state index in [1.165, 1.54) is 37.9 Å². The van der Waals surface area contributed by atoms with Crippen LogP contribution in [-0.2, 0) is 16.0 Å². The predicted octanol–water partition coefficient (Wildman–Crippen LogP) is 3.84. The molecule has 0 saturated carbocycles. The molecule has 0 unspecified atom stereocenters. The van der Waals surface area contributed by atoms with Crippen molar-refractivity contribution in [2.75, 3.05) is 38.7 Å². The minimum atomic E-state index is 0.443. The highest BCUT2D eigenvalue weighted by atomic mass is 35.5. The molecule has 5 heteroatoms. The number of thioether (sulfide) groups is 1. The number of halogens is 1. The minimum absolute atomic E-state index is 0.443. The van der Waals surface area contributed by atoms with Crippen LogP contribution in [0, 0.1) is 5.92 Å². The van der Waals surface area contributed by atoms with Gasteiger partial charge in [0.15, 0.2) is 0 Å². The number of rotatable bonds is 5. The van der Waals surface area contributed by atoms with Gasteiger partial charge in [0, 0.05) is 55.0 Å². The molecule has 0 N–H and O–H groups in total. The van der Waals surface area contributed by atoms with E-state index in [0.717, 1.165) is 37.1 Å². The van der Waals surface area contributed by atoms with Gasteiger partial charge in [-0.15, -0.1) is 11.8 Å². The molecule has 1 atom stereocenters. The normalized spacial score (nSPS) is 27.5. The second-order valence-corrected chi connectivity index (χ2v) is 9.41. The van der Waals surface area contributed by atoms with Gasteiger partial charge < -0.3 is 9.47 Å². The lowest BCUT2D eigenvalue weighted by Crippen LogP contribution is -2.58. The summed E-state index contributed by atoms with van der Waals surface area (Å²) in [4.78, 5) is 2.53. The molecular weight excluding hydrogens is 342 g/mol. The molecule has 1 spiro atoms. The molecule has 0 bridgehead atoms. The predicted molar refractivity (Wildman–Crippen MR) is 99.8 cm³/mol. The molecule has 3 saturated heterocycles. The zero-order valence-corrected chi connectivity index (χ0v) is 15.7. The van der Waals surface area contributed by atoms with Crippen molar-refractivity contribution in [2.45, 2.75) is 36.7 Å². The summed E-state index contributed by atoms with van der Waals surface area (Å²) in [5.74, 6) is 1.87. The van der Waals surface area contributed by atoms with E-state index in [1.807, 2.05) is 12.1 Å². The first-order valence-corrected chi connectivity index (χ1v) is 10.4. The number of benzene rings is 1. The largest absolute Gasteiger partial charge is 0.381 e. The molecule has 0 radical (unpaired) electrons. The summed E-state index contributed by atoms with van der Waals surface area (Å²) in [7, 11) is 0. The van der Waals surface area contributed by atoms with Crippen LogP contribution in [0.25, 0.3) is 0 Å². The lowest BCUT2D eigenvalue weighted by atomic mass is 9.92. The van der Waals surface area contributed by atoms with Crippen molar-refractivity contribution in [3.63, 3.8) is 0 Å². The zero-order chi connectivity index (χ0) is 16.4. The Hall–Kier alpha value is -0.260. The van der Waals surface area contributed by atoms with Crippen LogP contribution >= 0.6 is 23.4 Å². The Labute approximate surface area is 154 Å². The van der Waals surface area contributed by atoms with E-state index in [0.29, 0.717) is 16.8 Å². The molecule has 0 amide bonds. The van der Waals surface area contributed by atoms with Crippen molar-refractivity contribution in [3.8, 4) is 0 Å². The lowest BCUT2D eigenvalue weighted by molar-refractivity contribution is -0.0133. The highest BCUT2D eigenvalue weighted by Crippen LogP contribution is 2.46. The van der Waals surface area contributed by atoms with E-state index in [4.69, 9.17) is 21.1 Å². The van der Waals surface area contributed by atoms with Crippen LogP contribution in [0.2, 0.25) is 5.02 Å². The van der Waals surface area contributed by atoms with Gasteiger partial charge in [-0.1, -0.05) is 23.7 Å². The van der Waals surface area contributed by atoms with Gasteiger partial charge in [0.2, 0.25) is 0 Å². The Morgan fingerprint density at radius 3 is 2.92 bits per heavy atom. The van der Waals surface area contributed by atoms with Crippen LogP contribution in [0.4, 0.5) is 0 Å². The smallest absolute Gasteiger partial charge is 0.0680 e. The summed E-state index contributed by atoms with van der Waals surface area (Å²) < 4.78 is 12.1. The molecule has 3 nitrogen and oxygen atoms in total. The first-order valence-electron chi connectivity index (χ1n) is 9.01. The third-order valence-corrected chi connectivity index (χ3v) is 7.21. The first kappa shape index (κ1) is 17.2. The van der Waals surface area contributed by atoms with Crippen molar-refractivity contribution in [1.29, 1.82) is 0 Å². The van der Waals surface area contributed by atoms with Crippen molar-refractivity contribution >= 4 is 23.4 Å². The van der Waals surface area contributed by atoms with Gasteiger partial charge in [-0.05, 0) is 42.9 Å². The SMILES string of the molecule is Clc1cccc(CN2CC3(C[C@@H](OCC4CCOCC4)CS3)C2)c1. The molecule has 0 aromatic heterocycles. The van der Waals surface area contributed by atoms with Crippen LogP contribution in [0.5, 0.6) is 0 Å². The van der Waals surface area contributed by atoms with Crippen molar-refractivity contribution < 1.29 is 9.47 Å². The average molecular weight is 368 g/mol. The fourth-order valence-corrected chi connectivity index (χ4v) is 5.91. The maximum atomic E-state index is 6.23. The van der Waals surface area contributed by atoms with Crippen molar-refractivity contribution in [2.24, 2.45) is 5.92 Å². The van der Waals surface area contributed by atoms with Gasteiger partial charge >= 0.3 is 0 Å². The van der Waals surface area contributed by atoms with Gasteiger partial charge in [-0.3, -0.25) is 4.90 Å². The number of hydrogen-bond acceptors (Lipinski definition) is 4. The Morgan fingerprint density at radius 1 is 1.29 bits per heavy atom. The molecule has 24 heavy (non-hydrogen) atoms. The second-order valence-electron chi connectivity index (χ2n) is 7.48. The fourth-order valence-electron chi connectivity index (χ4n) is 4.09. The maximum Gasteiger partial charge on any atom is 0.0680 e. The Bertz CT molecular complexity index is 558. The van der Waals surface area contributed by atoms with Gasteiger partial charge in [0.05, 0.1) is 6.10 Å². The molecule has 3 aliphatic heterocycles. The van der Waals surface area contributed by atoms with Crippen LogP contribution < -0.4 is 0 Å². The van der Waals surface area contributed by atoms with E-state index < -0.39 is 0 Å². The molecule has 1 aromatic rings. The average Bonchev–Trinajstić information content (AvgIpc) is 2.98. The van der Waals surface area contributed by atoms with Crippen molar-refractivity contribution in [1.82, 2.24) is 4.90 Å². The summed E-state index contributed by atoms with van der Waals surface area (Å²) >= 11 is 8.21. The Morgan fingerprint density at radius 2 is 2.12 bits per heavy atom.